The number of benzene rings is 2. The average Bonchev–Trinajstić information content (AvgIpc) is 2.83. The van der Waals surface area contributed by atoms with Crippen molar-refractivity contribution in [1.82, 2.24) is 4.57 Å². The molecule has 1 aromatic heterocycles. The molecule has 0 bridgehead atoms. The van der Waals surface area contributed by atoms with E-state index in [1.807, 2.05) is 6.92 Å². The lowest BCUT2D eigenvalue weighted by atomic mass is 10.0. The zero-order valence-corrected chi connectivity index (χ0v) is 14.6. The normalized spacial score (nSPS) is 11.8. The molecule has 3 aromatic rings. The number of hydrogen-bond donors (Lipinski definition) is 0. The number of carbonyl (C=O) groups excluding carboxylic acids is 1. The van der Waals surface area contributed by atoms with E-state index in [-0.39, 0.29) is 5.56 Å². The van der Waals surface area contributed by atoms with Crippen molar-refractivity contribution in [2.24, 2.45) is 0 Å². The van der Waals surface area contributed by atoms with Crippen molar-refractivity contribution >= 4 is 17.0 Å². The Morgan fingerprint density at radius 3 is 2.32 bits per heavy atom. The van der Waals surface area contributed by atoms with Crippen LogP contribution in [-0.4, -0.2) is 16.3 Å². The molecule has 0 aliphatic heterocycles. The Labute approximate surface area is 144 Å². The largest absolute Gasteiger partial charge is 0.443 e. The van der Waals surface area contributed by atoms with Crippen LogP contribution >= 0.6 is 0 Å². The van der Waals surface area contributed by atoms with Crippen LogP contribution in [0.25, 0.3) is 22.0 Å². The molecule has 0 unspecified atom stereocenters. The van der Waals surface area contributed by atoms with Gasteiger partial charge in [-0.2, -0.15) is 0 Å². The van der Waals surface area contributed by atoms with Crippen LogP contribution in [-0.2, 0) is 4.74 Å². The van der Waals surface area contributed by atoms with Crippen LogP contribution < -0.4 is 0 Å². The molecule has 1 heterocycles. The first-order chi connectivity index (χ1) is 11.7. The standard InChI is InChI=1S/C20H19F2NO2/c1-12-11-23(19(24)25-20(2,3)4)17-9-8-13(10-14(12)17)18-15(21)6-5-7-16(18)22/h5-11H,1-4H3. The number of carbonyl (C=O) groups is 1. The summed E-state index contributed by atoms with van der Waals surface area (Å²) in [6.07, 6.45) is 1.18. The summed E-state index contributed by atoms with van der Waals surface area (Å²) in [5.41, 5.74) is 1.19. The summed E-state index contributed by atoms with van der Waals surface area (Å²) >= 11 is 0. The maximum atomic E-state index is 14.0. The van der Waals surface area contributed by atoms with Gasteiger partial charge in [0.25, 0.3) is 0 Å². The van der Waals surface area contributed by atoms with Crippen molar-refractivity contribution in [2.75, 3.05) is 0 Å². The van der Waals surface area contributed by atoms with E-state index in [2.05, 4.69) is 0 Å². The summed E-state index contributed by atoms with van der Waals surface area (Å²) in [5.74, 6) is -1.24. The number of hydrogen-bond acceptors (Lipinski definition) is 2. The van der Waals surface area contributed by atoms with Crippen LogP contribution in [0, 0.1) is 18.6 Å². The van der Waals surface area contributed by atoms with Crippen molar-refractivity contribution in [3.63, 3.8) is 0 Å². The van der Waals surface area contributed by atoms with Gasteiger partial charge in [0.05, 0.1) is 11.1 Å². The van der Waals surface area contributed by atoms with E-state index in [1.54, 1.807) is 45.2 Å². The third kappa shape index (κ3) is 3.27. The van der Waals surface area contributed by atoms with Gasteiger partial charge in [0, 0.05) is 11.6 Å². The highest BCUT2D eigenvalue weighted by atomic mass is 19.1. The van der Waals surface area contributed by atoms with E-state index >= 15 is 0 Å². The van der Waals surface area contributed by atoms with Crippen molar-refractivity contribution in [1.29, 1.82) is 0 Å². The lowest BCUT2D eigenvalue weighted by Crippen LogP contribution is -2.26. The minimum Gasteiger partial charge on any atom is -0.443 e. The maximum Gasteiger partial charge on any atom is 0.418 e. The molecular formula is C20H19F2NO2. The second-order valence-corrected chi connectivity index (χ2v) is 6.99. The van der Waals surface area contributed by atoms with E-state index in [9.17, 15) is 13.6 Å². The topological polar surface area (TPSA) is 31.2 Å². The van der Waals surface area contributed by atoms with Crippen LogP contribution in [0.2, 0.25) is 0 Å². The Morgan fingerprint density at radius 1 is 1.08 bits per heavy atom. The fourth-order valence-corrected chi connectivity index (χ4v) is 2.79. The molecule has 25 heavy (non-hydrogen) atoms. The predicted molar refractivity (Wildman–Crippen MR) is 93.7 cm³/mol. The van der Waals surface area contributed by atoms with Gasteiger partial charge in [-0.15, -0.1) is 0 Å². The van der Waals surface area contributed by atoms with E-state index < -0.39 is 23.3 Å². The zero-order valence-electron chi connectivity index (χ0n) is 14.6. The molecule has 0 N–H and O–H groups in total. The van der Waals surface area contributed by atoms with E-state index in [1.165, 1.54) is 22.8 Å². The number of rotatable bonds is 1. The minimum absolute atomic E-state index is 0.0752. The summed E-state index contributed by atoms with van der Waals surface area (Å²) in [4.78, 5) is 12.4. The highest BCUT2D eigenvalue weighted by Crippen LogP contribution is 2.31. The number of aromatic nitrogens is 1. The van der Waals surface area contributed by atoms with Crippen molar-refractivity contribution in [3.05, 3.63) is 59.8 Å². The van der Waals surface area contributed by atoms with Gasteiger partial charge >= 0.3 is 6.09 Å². The molecule has 0 amide bonds. The summed E-state index contributed by atoms with van der Waals surface area (Å²) in [6, 6.07) is 8.74. The van der Waals surface area contributed by atoms with Gasteiger partial charge in [-0.3, -0.25) is 4.57 Å². The molecule has 3 nitrogen and oxygen atoms in total. The van der Waals surface area contributed by atoms with Crippen LogP contribution in [0.1, 0.15) is 26.3 Å². The first kappa shape index (κ1) is 17.1. The summed E-state index contributed by atoms with van der Waals surface area (Å²) in [6.45, 7) is 7.22. The van der Waals surface area contributed by atoms with E-state index in [0.29, 0.717) is 11.1 Å². The molecular weight excluding hydrogens is 324 g/mol. The molecule has 2 aromatic carbocycles. The highest BCUT2D eigenvalue weighted by molar-refractivity contribution is 5.94. The van der Waals surface area contributed by atoms with Crippen molar-refractivity contribution < 1.29 is 18.3 Å². The Hall–Kier alpha value is -2.69. The molecule has 5 heteroatoms. The molecule has 0 saturated heterocycles. The van der Waals surface area contributed by atoms with Gasteiger partial charge < -0.3 is 4.74 Å². The molecule has 0 saturated carbocycles. The molecule has 0 atom stereocenters. The van der Waals surface area contributed by atoms with Crippen LogP contribution in [0.3, 0.4) is 0 Å². The van der Waals surface area contributed by atoms with Crippen LogP contribution in [0.15, 0.2) is 42.6 Å². The maximum absolute atomic E-state index is 14.0. The van der Waals surface area contributed by atoms with Gasteiger partial charge in [-0.25, -0.2) is 13.6 Å². The van der Waals surface area contributed by atoms with Crippen LogP contribution in [0.5, 0.6) is 0 Å². The number of halogens is 2. The van der Waals surface area contributed by atoms with Crippen LogP contribution in [0.4, 0.5) is 13.6 Å². The van der Waals surface area contributed by atoms with Crippen molar-refractivity contribution in [3.8, 4) is 11.1 Å². The van der Waals surface area contributed by atoms with E-state index in [0.717, 1.165) is 10.9 Å². The Balaban J connectivity index is 2.12. The second kappa shape index (κ2) is 5.99. The summed E-state index contributed by atoms with van der Waals surface area (Å²) < 4.78 is 34.9. The Morgan fingerprint density at radius 2 is 1.72 bits per heavy atom. The fraction of sp³-hybridized carbons (Fsp3) is 0.250. The number of nitrogens with zero attached hydrogens (tertiary/aromatic N) is 1. The number of aryl methyl sites for hydroxylation is 1. The van der Waals surface area contributed by atoms with Gasteiger partial charge in [0.2, 0.25) is 0 Å². The second-order valence-electron chi connectivity index (χ2n) is 6.99. The quantitative estimate of drug-likeness (QED) is 0.569. The fourth-order valence-electron chi connectivity index (χ4n) is 2.79. The van der Waals surface area contributed by atoms with E-state index in [4.69, 9.17) is 4.74 Å². The first-order valence-corrected chi connectivity index (χ1v) is 7.97. The average molecular weight is 343 g/mol. The third-order valence-corrected chi connectivity index (χ3v) is 3.85. The molecule has 0 radical (unpaired) electrons. The number of fused-ring (bicyclic) bond motifs is 1. The van der Waals surface area contributed by atoms with Gasteiger partial charge in [-0.1, -0.05) is 12.1 Å². The Bertz CT molecular complexity index is 947. The predicted octanol–water partition coefficient (Wildman–Crippen LogP) is 5.68. The smallest absolute Gasteiger partial charge is 0.418 e. The van der Waals surface area contributed by atoms with Gasteiger partial charge in [0.1, 0.15) is 17.2 Å². The SMILES string of the molecule is Cc1cn(C(=O)OC(C)(C)C)c2ccc(-c3c(F)cccc3F)cc12. The minimum atomic E-state index is -0.622. The third-order valence-electron chi connectivity index (χ3n) is 3.85. The first-order valence-electron chi connectivity index (χ1n) is 7.97. The monoisotopic (exact) mass is 343 g/mol. The molecule has 0 spiro atoms. The molecule has 130 valence electrons. The molecule has 3 rings (SSSR count). The molecule has 0 fully saturated rings. The molecule has 0 aliphatic carbocycles. The van der Waals surface area contributed by atoms with Gasteiger partial charge in [-0.05, 0) is 63.1 Å². The van der Waals surface area contributed by atoms with Gasteiger partial charge in [0.15, 0.2) is 0 Å². The Kier molecular flexibility index (Phi) is 4.11. The highest BCUT2D eigenvalue weighted by Gasteiger charge is 2.20. The lowest BCUT2D eigenvalue weighted by molar-refractivity contribution is 0.0544. The summed E-state index contributed by atoms with van der Waals surface area (Å²) in [5, 5.41) is 0.742. The summed E-state index contributed by atoms with van der Waals surface area (Å²) in [7, 11) is 0. The number of ether oxygens (including phenoxy) is 1. The zero-order chi connectivity index (χ0) is 18.4. The van der Waals surface area contributed by atoms with Crippen molar-refractivity contribution in [2.45, 2.75) is 33.3 Å². The lowest BCUT2D eigenvalue weighted by Gasteiger charge is -2.19. The molecule has 0 aliphatic rings.